The third kappa shape index (κ3) is 5.25. The highest BCUT2D eigenvalue weighted by Gasteiger charge is 2.22. The summed E-state index contributed by atoms with van der Waals surface area (Å²) < 4.78 is 16.0. The molecule has 1 aromatic heterocycles. The van der Waals surface area contributed by atoms with Crippen molar-refractivity contribution in [3.63, 3.8) is 0 Å². The molecule has 0 spiro atoms. The van der Waals surface area contributed by atoms with Crippen molar-refractivity contribution in [2.45, 2.75) is 0 Å². The van der Waals surface area contributed by atoms with Gasteiger partial charge in [0.1, 0.15) is 12.5 Å². The molecule has 5 rings (SSSR count). The van der Waals surface area contributed by atoms with Crippen LogP contribution in [0.5, 0.6) is 17.4 Å². The molecule has 0 saturated carbocycles. The molecule has 1 aliphatic heterocycles. The number of fused-ring (bicyclic) bond motifs is 2. The molecule has 4 aromatic rings. The van der Waals surface area contributed by atoms with E-state index in [0.717, 1.165) is 5.69 Å². The SMILES string of the molecule is COC(=O)c1ccc2c(C(=Nc3ccc(N(C)C(=O)CN(C)C)cc3)c3ccc4c(c3)OC=CO4)c(O)[nH]c2c1. The van der Waals surface area contributed by atoms with Gasteiger partial charge in [0.15, 0.2) is 17.4 Å². The van der Waals surface area contributed by atoms with Crippen LogP contribution >= 0.6 is 0 Å². The number of aromatic amines is 1. The summed E-state index contributed by atoms with van der Waals surface area (Å²) in [6, 6.07) is 17.6. The van der Waals surface area contributed by atoms with Crippen LogP contribution in [0.3, 0.4) is 0 Å². The average Bonchev–Trinajstić information content (AvgIpc) is 3.29. The average molecular weight is 541 g/mol. The van der Waals surface area contributed by atoms with E-state index >= 15 is 0 Å². The van der Waals surface area contributed by atoms with Gasteiger partial charge in [0.2, 0.25) is 5.91 Å². The fraction of sp³-hybridized carbons (Fsp3) is 0.167. The Labute approximate surface area is 230 Å². The van der Waals surface area contributed by atoms with E-state index in [4.69, 9.17) is 19.2 Å². The summed E-state index contributed by atoms with van der Waals surface area (Å²) in [5, 5.41) is 11.7. The number of aromatic hydroxyl groups is 1. The standard InChI is InChI=1S/C30H28N4O6/c1-33(2)17-26(35)34(3)21-9-7-20(8-10-21)31-28(18-6-12-24-25(16-18)40-14-13-39-24)27-22-11-5-19(30(37)38-4)15-23(22)32-29(27)36/h5-16,32,36H,17H2,1-4H3. The molecule has 1 aliphatic rings. The number of methoxy groups -OCH3 is 1. The number of benzene rings is 3. The molecule has 3 aromatic carbocycles. The van der Waals surface area contributed by atoms with E-state index in [1.165, 1.54) is 19.6 Å². The number of rotatable bonds is 7. The van der Waals surface area contributed by atoms with Crippen molar-refractivity contribution < 1.29 is 28.9 Å². The minimum Gasteiger partial charge on any atom is -0.494 e. The van der Waals surface area contributed by atoms with Gasteiger partial charge in [-0.3, -0.25) is 4.79 Å². The summed E-state index contributed by atoms with van der Waals surface area (Å²) in [5.41, 5.74) is 3.77. The van der Waals surface area contributed by atoms with E-state index in [1.807, 2.05) is 37.2 Å². The molecule has 2 N–H and O–H groups in total. The predicted molar refractivity (Wildman–Crippen MR) is 152 cm³/mol. The monoisotopic (exact) mass is 540 g/mol. The Balaban J connectivity index is 1.61. The molecule has 40 heavy (non-hydrogen) atoms. The summed E-state index contributed by atoms with van der Waals surface area (Å²) in [7, 11) is 6.73. The quantitative estimate of drug-likeness (QED) is 0.260. The molecule has 0 aliphatic carbocycles. The fourth-order valence-corrected chi connectivity index (χ4v) is 4.38. The normalized spacial score (nSPS) is 12.6. The van der Waals surface area contributed by atoms with Gasteiger partial charge in [0.25, 0.3) is 0 Å². The number of carbonyl (C=O) groups is 2. The zero-order valence-electron chi connectivity index (χ0n) is 22.5. The topological polar surface area (TPSA) is 117 Å². The van der Waals surface area contributed by atoms with Gasteiger partial charge in [-0.25, -0.2) is 9.79 Å². The summed E-state index contributed by atoms with van der Waals surface area (Å²) >= 11 is 0. The number of likely N-dealkylation sites (N-methyl/N-ethyl adjacent to an activating group) is 2. The number of aliphatic imine (C=N–C) groups is 1. The molecule has 0 atom stereocenters. The summed E-state index contributed by atoms with van der Waals surface area (Å²) in [4.78, 5) is 35.8. The van der Waals surface area contributed by atoms with Crippen molar-refractivity contribution in [1.29, 1.82) is 0 Å². The Morgan fingerprint density at radius 1 is 0.925 bits per heavy atom. The Morgan fingerprint density at radius 3 is 2.33 bits per heavy atom. The molecule has 10 heteroatoms. The molecule has 204 valence electrons. The van der Waals surface area contributed by atoms with Gasteiger partial charge >= 0.3 is 5.97 Å². The van der Waals surface area contributed by atoms with Gasteiger partial charge in [-0.15, -0.1) is 0 Å². The van der Waals surface area contributed by atoms with Gasteiger partial charge in [0, 0.05) is 29.2 Å². The number of aromatic nitrogens is 1. The number of amides is 1. The second kappa shape index (κ2) is 11.0. The number of carbonyl (C=O) groups excluding carboxylic acids is 2. The number of nitrogens with zero attached hydrogens (tertiary/aromatic N) is 3. The van der Waals surface area contributed by atoms with Gasteiger partial charge in [-0.05, 0) is 68.7 Å². The summed E-state index contributed by atoms with van der Waals surface area (Å²) in [6.45, 7) is 0.289. The van der Waals surface area contributed by atoms with Crippen LogP contribution in [0.1, 0.15) is 21.5 Å². The first-order valence-electron chi connectivity index (χ1n) is 12.4. The smallest absolute Gasteiger partial charge is 0.337 e. The van der Waals surface area contributed by atoms with Crippen molar-refractivity contribution in [3.05, 3.63) is 89.9 Å². The molecule has 0 bridgehead atoms. The second-order valence-electron chi connectivity index (χ2n) is 9.44. The molecular formula is C30H28N4O6. The number of H-pyrrole nitrogens is 1. The third-order valence-corrected chi connectivity index (χ3v) is 6.40. The lowest BCUT2D eigenvalue weighted by atomic mass is 9.99. The number of hydrogen-bond acceptors (Lipinski definition) is 8. The number of hydrogen-bond donors (Lipinski definition) is 2. The molecule has 0 radical (unpaired) electrons. The highest BCUT2D eigenvalue weighted by atomic mass is 16.5. The van der Waals surface area contributed by atoms with Crippen LogP contribution in [-0.4, -0.2) is 67.4 Å². The molecule has 2 heterocycles. The first kappa shape index (κ1) is 26.5. The Kier molecular flexibility index (Phi) is 7.26. The van der Waals surface area contributed by atoms with Crippen LogP contribution < -0.4 is 14.4 Å². The second-order valence-corrected chi connectivity index (χ2v) is 9.44. The molecule has 0 saturated heterocycles. The lowest BCUT2D eigenvalue weighted by Gasteiger charge is -2.19. The van der Waals surface area contributed by atoms with E-state index in [1.54, 1.807) is 54.4 Å². The van der Waals surface area contributed by atoms with Crippen molar-refractivity contribution in [2.75, 3.05) is 39.7 Å². The maximum Gasteiger partial charge on any atom is 0.337 e. The maximum atomic E-state index is 12.5. The van der Waals surface area contributed by atoms with Crippen LogP contribution in [-0.2, 0) is 9.53 Å². The Morgan fingerprint density at radius 2 is 1.62 bits per heavy atom. The van der Waals surface area contributed by atoms with Crippen LogP contribution in [0, 0.1) is 0 Å². The van der Waals surface area contributed by atoms with Gasteiger partial charge in [-0.1, -0.05) is 6.07 Å². The van der Waals surface area contributed by atoms with E-state index in [2.05, 4.69) is 4.98 Å². The number of esters is 1. The highest BCUT2D eigenvalue weighted by molar-refractivity contribution is 6.22. The first-order valence-corrected chi connectivity index (χ1v) is 12.4. The van der Waals surface area contributed by atoms with E-state index in [9.17, 15) is 14.7 Å². The predicted octanol–water partition coefficient (Wildman–Crippen LogP) is 4.60. The number of anilines is 1. The number of nitrogens with one attached hydrogen (secondary N) is 1. The van der Waals surface area contributed by atoms with Crippen molar-refractivity contribution in [1.82, 2.24) is 9.88 Å². The van der Waals surface area contributed by atoms with Crippen molar-refractivity contribution >= 4 is 39.9 Å². The summed E-state index contributed by atoms with van der Waals surface area (Å²) in [6.07, 6.45) is 2.89. The minimum absolute atomic E-state index is 0.0395. The van der Waals surface area contributed by atoms with E-state index in [-0.39, 0.29) is 18.3 Å². The first-order chi connectivity index (χ1) is 19.2. The van der Waals surface area contributed by atoms with E-state index < -0.39 is 5.97 Å². The maximum absolute atomic E-state index is 12.5. The summed E-state index contributed by atoms with van der Waals surface area (Å²) in [5.74, 6) is 0.404. The van der Waals surface area contributed by atoms with Gasteiger partial charge < -0.3 is 34.1 Å². The lowest BCUT2D eigenvalue weighted by Crippen LogP contribution is -2.34. The van der Waals surface area contributed by atoms with E-state index in [0.29, 0.717) is 50.5 Å². The van der Waals surface area contributed by atoms with Crippen LogP contribution in [0.25, 0.3) is 10.9 Å². The zero-order chi connectivity index (χ0) is 28.4. The van der Waals surface area contributed by atoms with Crippen LogP contribution in [0.2, 0.25) is 0 Å². The van der Waals surface area contributed by atoms with Gasteiger partial charge in [0.05, 0.1) is 36.2 Å². The largest absolute Gasteiger partial charge is 0.494 e. The third-order valence-electron chi connectivity index (χ3n) is 6.40. The Hall–Kier alpha value is -5.09. The molecule has 0 fully saturated rings. The fourth-order valence-electron chi connectivity index (χ4n) is 4.38. The number of ether oxygens (including phenoxy) is 3. The van der Waals surface area contributed by atoms with Crippen molar-refractivity contribution in [2.24, 2.45) is 4.99 Å². The zero-order valence-corrected chi connectivity index (χ0v) is 22.5. The highest BCUT2D eigenvalue weighted by Crippen LogP contribution is 2.36. The molecule has 1 amide bonds. The molecular weight excluding hydrogens is 512 g/mol. The van der Waals surface area contributed by atoms with Crippen molar-refractivity contribution in [3.8, 4) is 17.4 Å². The van der Waals surface area contributed by atoms with Crippen LogP contribution in [0.15, 0.2) is 78.2 Å². The minimum atomic E-state index is -0.486. The Bertz CT molecular complexity index is 1650. The van der Waals surface area contributed by atoms with Crippen LogP contribution in [0.4, 0.5) is 11.4 Å². The molecule has 0 unspecified atom stereocenters. The molecule has 10 nitrogen and oxygen atoms in total. The lowest BCUT2D eigenvalue weighted by molar-refractivity contribution is -0.118. The van der Waals surface area contributed by atoms with Gasteiger partial charge in [-0.2, -0.15) is 0 Å².